The Kier molecular flexibility index (Phi) is 7.08. The summed E-state index contributed by atoms with van der Waals surface area (Å²) in [5.74, 6) is -0.253. The van der Waals surface area contributed by atoms with Crippen LogP contribution in [0.4, 0.5) is 5.69 Å². The van der Waals surface area contributed by atoms with E-state index < -0.39 is 4.92 Å². The third-order valence-corrected chi connectivity index (χ3v) is 4.73. The van der Waals surface area contributed by atoms with Gasteiger partial charge in [-0.25, -0.2) is 0 Å². The molecule has 2 rings (SSSR count). The van der Waals surface area contributed by atoms with Crippen LogP contribution in [-0.2, 0) is 16.1 Å². The van der Waals surface area contributed by atoms with Crippen molar-refractivity contribution in [3.8, 4) is 0 Å². The highest BCUT2D eigenvalue weighted by molar-refractivity contribution is 5.85. The first-order valence-corrected chi connectivity index (χ1v) is 8.92. The maximum Gasteiger partial charge on any atom is 0.269 e. The molecular formula is C18H26N4O4. The molecule has 0 saturated carbocycles. The van der Waals surface area contributed by atoms with Gasteiger partial charge in [-0.15, -0.1) is 0 Å². The molecule has 1 aromatic rings. The van der Waals surface area contributed by atoms with Crippen LogP contribution < -0.4 is 5.32 Å². The zero-order valence-electron chi connectivity index (χ0n) is 15.3. The van der Waals surface area contributed by atoms with Gasteiger partial charge in [0.05, 0.1) is 11.5 Å². The summed E-state index contributed by atoms with van der Waals surface area (Å²) >= 11 is 0. The summed E-state index contributed by atoms with van der Waals surface area (Å²) in [7, 11) is 0. The Labute approximate surface area is 153 Å². The van der Waals surface area contributed by atoms with Gasteiger partial charge in [-0.2, -0.15) is 0 Å². The number of amides is 2. The molecule has 0 aromatic heterocycles. The van der Waals surface area contributed by atoms with Crippen LogP contribution in [0.25, 0.3) is 0 Å². The lowest BCUT2D eigenvalue weighted by atomic mass is 10.1. The zero-order valence-corrected chi connectivity index (χ0v) is 15.3. The van der Waals surface area contributed by atoms with Crippen LogP contribution in [0.2, 0.25) is 0 Å². The number of nitro groups is 1. The summed E-state index contributed by atoms with van der Waals surface area (Å²) in [5.41, 5.74) is 0.980. The molecule has 26 heavy (non-hydrogen) atoms. The second-order valence-electron chi connectivity index (χ2n) is 6.61. The average Bonchev–Trinajstić information content (AvgIpc) is 2.65. The van der Waals surface area contributed by atoms with Crippen molar-refractivity contribution in [2.45, 2.75) is 26.8 Å². The van der Waals surface area contributed by atoms with Gasteiger partial charge in [0, 0.05) is 50.8 Å². The molecule has 0 bridgehead atoms. The highest BCUT2D eigenvalue weighted by atomic mass is 16.6. The summed E-state index contributed by atoms with van der Waals surface area (Å²) < 4.78 is 0. The number of nitro benzene ring substituents is 1. The number of piperazine rings is 1. The van der Waals surface area contributed by atoms with Crippen molar-refractivity contribution in [1.29, 1.82) is 0 Å². The van der Waals surface area contributed by atoms with Crippen molar-refractivity contribution in [2.75, 3.05) is 32.7 Å². The smallest absolute Gasteiger partial charge is 0.269 e. The van der Waals surface area contributed by atoms with Gasteiger partial charge in [-0.3, -0.25) is 24.6 Å². The number of hydrogen-bond acceptors (Lipinski definition) is 5. The minimum absolute atomic E-state index is 0.0358. The third kappa shape index (κ3) is 5.52. The van der Waals surface area contributed by atoms with Gasteiger partial charge in [0.1, 0.15) is 0 Å². The molecular weight excluding hydrogens is 336 g/mol. The van der Waals surface area contributed by atoms with Crippen LogP contribution in [-0.4, -0.2) is 59.3 Å². The lowest BCUT2D eigenvalue weighted by molar-refractivity contribution is -0.384. The molecule has 142 valence electrons. The fourth-order valence-corrected chi connectivity index (χ4v) is 2.82. The largest absolute Gasteiger partial charge is 0.347 e. The molecule has 1 atom stereocenters. The van der Waals surface area contributed by atoms with Gasteiger partial charge in [0.2, 0.25) is 11.8 Å². The summed E-state index contributed by atoms with van der Waals surface area (Å²) in [6.07, 6.45) is 0.746. The normalized spacial score (nSPS) is 16.2. The van der Waals surface area contributed by atoms with Crippen molar-refractivity contribution in [3.05, 3.63) is 39.9 Å². The van der Waals surface area contributed by atoms with Crippen molar-refractivity contribution in [3.63, 3.8) is 0 Å². The van der Waals surface area contributed by atoms with Crippen LogP contribution in [0.3, 0.4) is 0 Å². The molecule has 8 nitrogen and oxygen atoms in total. The molecule has 1 saturated heterocycles. The Morgan fingerprint density at radius 1 is 1.27 bits per heavy atom. The number of nitrogens with one attached hydrogen (secondary N) is 1. The molecule has 0 aliphatic carbocycles. The molecule has 1 N–H and O–H groups in total. The number of non-ortho nitro benzene ring substituents is 1. The van der Waals surface area contributed by atoms with E-state index in [-0.39, 0.29) is 30.0 Å². The number of carbonyl (C=O) groups is 2. The fraction of sp³-hybridized carbons (Fsp3) is 0.556. The Balaban J connectivity index is 1.78. The third-order valence-electron chi connectivity index (χ3n) is 4.73. The van der Waals surface area contributed by atoms with Gasteiger partial charge in [-0.1, -0.05) is 26.0 Å². The van der Waals surface area contributed by atoms with Crippen molar-refractivity contribution < 1.29 is 14.5 Å². The summed E-state index contributed by atoms with van der Waals surface area (Å²) in [5, 5.41) is 13.5. The second kappa shape index (κ2) is 9.28. The summed E-state index contributed by atoms with van der Waals surface area (Å²) in [6, 6.07) is 6.62. The van der Waals surface area contributed by atoms with E-state index in [1.807, 2.05) is 19.9 Å². The predicted octanol–water partition coefficient (Wildman–Crippen LogP) is 1.40. The van der Waals surface area contributed by atoms with E-state index in [0.29, 0.717) is 32.7 Å². The summed E-state index contributed by atoms with van der Waals surface area (Å²) in [4.78, 5) is 38.3. The Bertz CT molecular complexity index is 656. The monoisotopic (exact) mass is 362 g/mol. The van der Waals surface area contributed by atoms with Crippen LogP contribution in [0.5, 0.6) is 0 Å². The van der Waals surface area contributed by atoms with Gasteiger partial charge in [0.25, 0.3) is 5.69 Å². The van der Waals surface area contributed by atoms with E-state index in [1.165, 1.54) is 6.07 Å². The van der Waals surface area contributed by atoms with Gasteiger partial charge >= 0.3 is 0 Å². The van der Waals surface area contributed by atoms with E-state index in [1.54, 1.807) is 17.0 Å². The number of nitrogens with zero attached hydrogens (tertiary/aromatic N) is 3. The fourth-order valence-electron chi connectivity index (χ4n) is 2.82. The quantitative estimate of drug-likeness (QED) is 0.584. The molecule has 1 unspecified atom stereocenters. The van der Waals surface area contributed by atoms with Crippen LogP contribution in [0, 0.1) is 16.0 Å². The maximum absolute atomic E-state index is 12.2. The highest BCUT2D eigenvalue weighted by Crippen LogP contribution is 2.15. The van der Waals surface area contributed by atoms with Gasteiger partial charge < -0.3 is 10.2 Å². The maximum atomic E-state index is 12.2. The van der Waals surface area contributed by atoms with E-state index in [4.69, 9.17) is 0 Å². The van der Waals surface area contributed by atoms with Crippen LogP contribution in [0.15, 0.2) is 24.3 Å². The number of hydrogen-bond donors (Lipinski definition) is 1. The number of rotatable bonds is 7. The van der Waals surface area contributed by atoms with Crippen molar-refractivity contribution in [1.82, 2.24) is 15.1 Å². The topological polar surface area (TPSA) is 95.8 Å². The molecule has 1 heterocycles. The van der Waals surface area contributed by atoms with Gasteiger partial charge in [0.15, 0.2) is 0 Å². The molecule has 0 spiro atoms. The molecule has 1 aliphatic rings. The first-order chi connectivity index (χ1) is 12.4. The first-order valence-electron chi connectivity index (χ1n) is 8.92. The van der Waals surface area contributed by atoms with Crippen LogP contribution in [0.1, 0.15) is 25.8 Å². The molecule has 1 aromatic carbocycles. The molecule has 0 radical (unpaired) electrons. The highest BCUT2D eigenvalue weighted by Gasteiger charge is 2.22. The molecule has 1 fully saturated rings. The molecule has 8 heteroatoms. The Morgan fingerprint density at radius 3 is 2.58 bits per heavy atom. The van der Waals surface area contributed by atoms with Crippen molar-refractivity contribution in [2.24, 2.45) is 5.92 Å². The zero-order chi connectivity index (χ0) is 19.1. The predicted molar refractivity (Wildman–Crippen MR) is 97.4 cm³/mol. The minimum atomic E-state index is -0.395. The van der Waals surface area contributed by atoms with E-state index in [2.05, 4.69) is 10.2 Å². The SMILES string of the molecule is CCC(C)C(=O)NCC(=O)N1CCN(Cc2cccc([N+](=O)[O-])c2)CC1. The standard InChI is InChI=1S/C18H26N4O4/c1-3-14(2)18(24)19-12-17(23)21-9-7-20(8-10-21)13-15-5-4-6-16(11-15)22(25)26/h4-6,11,14H,3,7-10,12-13H2,1-2H3,(H,19,24). The Morgan fingerprint density at radius 2 is 1.96 bits per heavy atom. The van der Waals surface area contributed by atoms with Crippen LogP contribution >= 0.6 is 0 Å². The van der Waals surface area contributed by atoms with E-state index >= 15 is 0 Å². The average molecular weight is 362 g/mol. The molecule has 2 amide bonds. The van der Waals surface area contributed by atoms with Gasteiger partial charge in [-0.05, 0) is 12.0 Å². The lowest BCUT2D eigenvalue weighted by Gasteiger charge is -2.34. The van der Waals surface area contributed by atoms with E-state index in [9.17, 15) is 19.7 Å². The molecule has 1 aliphatic heterocycles. The lowest BCUT2D eigenvalue weighted by Crippen LogP contribution is -2.51. The first kappa shape index (κ1) is 19.8. The summed E-state index contributed by atoms with van der Waals surface area (Å²) in [6.45, 7) is 7.02. The van der Waals surface area contributed by atoms with E-state index in [0.717, 1.165) is 12.0 Å². The van der Waals surface area contributed by atoms with Crippen molar-refractivity contribution >= 4 is 17.5 Å². The second-order valence-corrected chi connectivity index (χ2v) is 6.61. The number of benzene rings is 1. The number of carbonyl (C=O) groups excluding carboxylic acids is 2. The Hall–Kier alpha value is -2.48. The minimum Gasteiger partial charge on any atom is -0.347 e.